The van der Waals surface area contributed by atoms with Gasteiger partial charge >= 0.3 is 0 Å². The van der Waals surface area contributed by atoms with Gasteiger partial charge in [-0.25, -0.2) is 0 Å². The van der Waals surface area contributed by atoms with Crippen molar-refractivity contribution in [3.63, 3.8) is 0 Å². The Kier molecular flexibility index (Phi) is 4.53. The molecule has 0 fully saturated rings. The lowest BCUT2D eigenvalue weighted by Gasteiger charge is -2.12. The van der Waals surface area contributed by atoms with E-state index < -0.39 is 0 Å². The Labute approximate surface area is 136 Å². The minimum atomic E-state index is 0.0758. The average molecular weight is 302 g/mol. The van der Waals surface area contributed by atoms with Crippen LogP contribution in [0, 0.1) is 0 Å². The number of hydrogen-bond acceptors (Lipinski definition) is 2. The molecule has 0 bridgehead atoms. The summed E-state index contributed by atoms with van der Waals surface area (Å²) < 4.78 is 5.99. The maximum atomic E-state index is 11.3. The van der Waals surface area contributed by atoms with Crippen LogP contribution in [0.1, 0.15) is 22.8 Å². The molecular weight excluding hydrogens is 284 g/mol. The molecule has 2 nitrogen and oxygen atoms in total. The largest absolute Gasteiger partial charge is 0.488 e. The van der Waals surface area contributed by atoms with Gasteiger partial charge in [-0.1, -0.05) is 72.8 Å². The molecule has 0 amide bonds. The van der Waals surface area contributed by atoms with Crippen molar-refractivity contribution in [1.82, 2.24) is 0 Å². The summed E-state index contributed by atoms with van der Waals surface area (Å²) in [5.41, 5.74) is 3.97. The van der Waals surface area contributed by atoms with Gasteiger partial charge in [-0.2, -0.15) is 0 Å². The van der Waals surface area contributed by atoms with Crippen LogP contribution in [0.3, 0.4) is 0 Å². The molecule has 0 aliphatic rings. The van der Waals surface area contributed by atoms with Crippen molar-refractivity contribution in [1.29, 1.82) is 0 Å². The summed E-state index contributed by atoms with van der Waals surface area (Å²) in [5.74, 6) is 0.932. The first-order valence-electron chi connectivity index (χ1n) is 7.61. The average Bonchev–Trinajstić information content (AvgIpc) is 2.61. The molecule has 0 aliphatic carbocycles. The third-order valence-electron chi connectivity index (χ3n) is 3.73. The van der Waals surface area contributed by atoms with Crippen molar-refractivity contribution >= 4 is 5.78 Å². The second-order valence-corrected chi connectivity index (χ2v) is 5.40. The smallest absolute Gasteiger partial charge is 0.159 e. The van der Waals surface area contributed by atoms with Gasteiger partial charge in [-0.05, 0) is 24.1 Å². The molecule has 0 saturated carbocycles. The molecule has 0 saturated heterocycles. The lowest BCUT2D eigenvalue weighted by Crippen LogP contribution is -1.98. The van der Waals surface area contributed by atoms with E-state index in [4.69, 9.17) is 4.74 Å². The monoisotopic (exact) mass is 302 g/mol. The van der Waals surface area contributed by atoms with E-state index in [1.807, 2.05) is 60.7 Å². The zero-order valence-electron chi connectivity index (χ0n) is 13.0. The number of Topliss-reactive ketones (excluding diaryl/α,β-unsaturated/α-hetero) is 1. The molecule has 114 valence electrons. The second-order valence-electron chi connectivity index (χ2n) is 5.40. The quantitative estimate of drug-likeness (QED) is 0.610. The van der Waals surface area contributed by atoms with E-state index in [0.717, 1.165) is 28.0 Å². The highest BCUT2D eigenvalue weighted by atomic mass is 16.5. The van der Waals surface area contributed by atoms with E-state index in [9.17, 15) is 4.79 Å². The topological polar surface area (TPSA) is 26.3 Å². The van der Waals surface area contributed by atoms with Crippen LogP contribution in [-0.4, -0.2) is 5.78 Å². The Morgan fingerprint density at radius 2 is 1.48 bits per heavy atom. The summed E-state index contributed by atoms with van der Waals surface area (Å²) in [7, 11) is 0. The van der Waals surface area contributed by atoms with Crippen LogP contribution in [0.15, 0.2) is 78.9 Å². The normalized spacial score (nSPS) is 10.3. The van der Waals surface area contributed by atoms with Crippen molar-refractivity contribution in [2.75, 3.05) is 0 Å². The highest BCUT2D eigenvalue weighted by molar-refractivity contribution is 5.94. The number of rotatable bonds is 5. The predicted octanol–water partition coefficient (Wildman–Crippen LogP) is 5.14. The van der Waals surface area contributed by atoms with Crippen molar-refractivity contribution in [2.45, 2.75) is 13.5 Å². The van der Waals surface area contributed by atoms with Gasteiger partial charge in [0.15, 0.2) is 5.78 Å². The fraction of sp³-hybridized carbons (Fsp3) is 0.0952. The number of para-hydroxylation sites is 1. The molecule has 3 aromatic rings. The molecule has 0 radical (unpaired) electrons. The molecule has 2 heteroatoms. The van der Waals surface area contributed by atoms with E-state index in [-0.39, 0.29) is 5.78 Å². The fourth-order valence-electron chi connectivity index (χ4n) is 2.45. The van der Waals surface area contributed by atoms with Gasteiger partial charge in [0.2, 0.25) is 0 Å². The van der Waals surface area contributed by atoms with E-state index >= 15 is 0 Å². The van der Waals surface area contributed by atoms with Crippen LogP contribution in [0.5, 0.6) is 5.75 Å². The third kappa shape index (κ3) is 3.67. The van der Waals surface area contributed by atoms with E-state index in [1.54, 1.807) is 6.92 Å². The van der Waals surface area contributed by atoms with Crippen LogP contribution < -0.4 is 4.74 Å². The van der Waals surface area contributed by atoms with Gasteiger partial charge in [0.1, 0.15) is 12.4 Å². The third-order valence-corrected chi connectivity index (χ3v) is 3.73. The van der Waals surface area contributed by atoms with Gasteiger partial charge in [-0.15, -0.1) is 0 Å². The summed E-state index contributed by atoms with van der Waals surface area (Å²) in [5, 5.41) is 0. The minimum Gasteiger partial charge on any atom is -0.488 e. The van der Waals surface area contributed by atoms with Crippen molar-refractivity contribution in [3.8, 4) is 16.9 Å². The Balaban J connectivity index is 1.77. The van der Waals surface area contributed by atoms with Crippen LogP contribution >= 0.6 is 0 Å². The summed E-state index contributed by atoms with van der Waals surface area (Å²) in [6, 6.07) is 25.8. The molecule has 0 atom stereocenters. The first-order chi connectivity index (χ1) is 11.2. The highest BCUT2D eigenvalue weighted by Crippen LogP contribution is 2.30. The van der Waals surface area contributed by atoms with Gasteiger partial charge in [0.05, 0.1) is 0 Å². The van der Waals surface area contributed by atoms with Crippen molar-refractivity contribution < 1.29 is 9.53 Å². The van der Waals surface area contributed by atoms with Gasteiger partial charge < -0.3 is 4.74 Å². The maximum absolute atomic E-state index is 11.3. The number of carbonyl (C=O) groups is 1. The molecule has 3 aromatic carbocycles. The molecule has 0 unspecified atom stereocenters. The Morgan fingerprint density at radius 1 is 0.826 bits per heavy atom. The first-order valence-corrected chi connectivity index (χ1v) is 7.61. The van der Waals surface area contributed by atoms with E-state index in [2.05, 4.69) is 18.2 Å². The number of ketones is 1. The van der Waals surface area contributed by atoms with Crippen molar-refractivity contribution in [2.24, 2.45) is 0 Å². The van der Waals surface area contributed by atoms with Gasteiger partial charge in [0, 0.05) is 11.1 Å². The molecule has 0 aliphatic heterocycles. The minimum absolute atomic E-state index is 0.0758. The standard InChI is InChI=1S/C21H18O2/c1-16(22)18-13-11-17(12-14-18)15-23-21-10-6-5-9-20(21)19-7-3-2-4-8-19/h2-14H,15H2,1H3. The summed E-state index contributed by atoms with van der Waals surface area (Å²) >= 11 is 0. The first kappa shape index (κ1) is 15.0. The second kappa shape index (κ2) is 6.93. The maximum Gasteiger partial charge on any atom is 0.159 e. The Morgan fingerprint density at radius 3 is 2.17 bits per heavy atom. The molecule has 0 heterocycles. The van der Waals surface area contributed by atoms with Crippen LogP contribution in [0.4, 0.5) is 0 Å². The van der Waals surface area contributed by atoms with Crippen LogP contribution in [-0.2, 0) is 6.61 Å². The van der Waals surface area contributed by atoms with Gasteiger partial charge in [0.25, 0.3) is 0 Å². The number of hydrogen-bond donors (Lipinski definition) is 0. The Hall–Kier alpha value is -2.87. The van der Waals surface area contributed by atoms with Gasteiger partial charge in [-0.3, -0.25) is 4.79 Å². The van der Waals surface area contributed by atoms with E-state index in [0.29, 0.717) is 6.61 Å². The number of ether oxygens (including phenoxy) is 1. The molecule has 3 rings (SSSR count). The number of benzene rings is 3. The predicted molar refractivity (Wildman–Crippen MR) is 92.7 cm³/mol. The zero-order chi connectivity index (χ0) is 16.1. The van der Waals surface area contributed by atoms with Crippen molar-refractivity contribution in [3.05, 3.63) is 90.0 Å². The summed E-state index contributed by atoms with van der Waals surface area (Å²) in [4.78, 5) is 11.3. The van der Waals surface area contributed by atoms with Crippen LogP contribution in [0.2, 0.25) is 0 Å². The highest BCUT2D eigenvalue weighted by Gasteiger charge is 2.06. The lowest BCUT2D eigenvalue weighted by atomic mass is 10.0. The molecular formula is C21H18O2. The summed E-state index contributed by atoms with van der Waals surface area (Å²) in [6.07, 6.45) is 0. The van der Waals surface area contributed by atoms with E-state index in [1.165, 1.54) is 0 Å². The molecule has 0 N–H and O–H groups in total. The molecule has 0 aromatic heterocycles. The zero-order valence-corrected chi connectivity index (χ0v) is 13.0. The Bertz CT molecular complexity index is 790. The molecule has 23 heavy (non-hydrogen) atoms. The fourth-order valence-corrected chi connectivity index (χ4v) is 2.45. The molecule has 0 spiro atoms. The van der Waals surface area contributed by atoms with Crippen LogP contribution in [0.25, 0.3) is 11.1 Å². The SMILES string of the molecule is CC(=O)c1ccc(COc2ccccc2-c2ccccc2)cc1. The number of carbonyl (C=O) groups excluding carboxylic acids is 1. The summed E-state index contributed by atoms with van der Waals surface area (Å²) in [6.45, 7) is 2.05. The lowest BCUT2D eigenvalue weighted by molar-refractivity contribution is 0.101.